The van der Waals surface area contributed by atoms with Crippen LogP contribution in [0.5, 0.6) is 0 Å². The lowest BCUT2D eigenvalue weighted by Crippen LogP contribution is -2.28. The number of methoxy groups -OCH3 is 1. The Morgan fingerprint density at radius 2 is 0.796 bits per heavy atom. The average molecular weight is 708 g/mol. The Balaban J connectivity index is 1.64. The van der Waals surface area contributed by atoms with E-state index in [1.807, 2.05) is 30.3 Å². The van der Waals surface area contributed by atoms with E-state index in [0.29, 0.717) is 145 Å². The van der Waals surface area contributed by atoms with Gasteiger partial charge in [-0.1, -0.05) is 30.3 Å². The Morgan fingerprint density at radius 3 is 1.14 bits per heavy atom. The molecule has 0 unspecified atom stereocenters. The topological polar surface area (TPSA) is 166 Å². The lowest BCUT2D eigenvalue weighted by atomic mass is 10.2. The molecule has 0 aliphatic rings. The molecule has 0 bridgehead atoms. The third-order valence-electron chi connectivity index (χ3n) is 5.90. The van der Waals surface area contributed by atoms with Crippen LogP contribution in [0.3, 0.4) is 0 Å². The zero-order valence-corrected chi connectivity index (χ0v) is 29.0. The second kappa shape index (κ2) is 36.8. The summed E-state index contributed by atoms with van der Waals surface area (Å²) in [5.41, 5.74) is 0.934. The lowest BCUT2D eigenvalue weighted by Gasteiger charge is -2.09. The first-order valence-electron chi connectivity index (χ1n) is 16.6. The molecule has 284 valence electrons. The summed E-state index contributed by atoms with van der Waals surface area (Å²) in [7, 11) is 1.31. The molecular formula is C33H57NO15. The van der Waals surface area contributed by atoms with E-state index in [1.165, 1.54) is 7.11 Å². The van der Waals surface area contributed by atoms with E-state index < -0.39 is 12.1 Å². The fourth-order valence-electron chi connectivity index (χ4n) is 3.41. The third kappa shape index (κ3) is 33.8. The van der Waals surface area contributed by atoms with Crippen molar-refractivity contribution in [1.29, 1.82) is 0 Å². The zero-order valence-electron chi connectivity index (χ0n) is 29.0. The van der Waals surface area contributed by atoms with Gasteiger partial charge in [0.25, 0.3) is 0 Å². The van der Waals surface area contributed by atoms with Crippen molar-refractivity contribution in [2.24, 2.45) is 0 Å². The van der Waals surface area contributed by atoms with Gasteiger partial charge in [-0.3, -0.25) is 0 Å². The van der Waals surface area contributed by atoms with Gasteiger partial charge >= 0.3 is 12.1 Å². The van der Waals surface area contributed by atoms with Crippen LogP contribution in [0.15, 0.2) is 30.3 Å². The summed E-state index contributed by atoms with van der Waals surface area (Å²) in [5, 5.41) is 2.64. The maximum atomic E-state index is 11.6. The molecule has 0 saturated heterocycles. The largest absolute Gasteiger partial charge is 0.467 e. The zero-order chi connectivity index (χ0) is 35.1. The minimum Gasteiger partial charge on any atom is -0.467 e. The first-order chi connectivity index (χ1) is 24.2. The highest BCUT2D eigenvalue weighted by molar-refractivity contribution is 5.70. The fourth-order valence-corrected chi connectivity index (χ4v) is 3.41. The van der Waals surface area contributed by atoms with Crippen molar-refractivity contribution < 1.29 is 71.2 Å². The molecule has 1 aromatic rings. The predicted octanol–water partition coefficient (Wildman–Crippen LogP) is 1.27. The van der Waals surface area contributed by atoms with Gasteiger partial charge in [0.15, 0.2) is 0 Å². The highest BCUT2D eigenvalue weighted by Crippen LogP contribution is 2.00. The van der Waals surface area contributed by atoms with Gasteiger partial charge in [0.2, 0.25) is 0 Å². The second-order valence-electron chi connectivity index (χ2n) is 9.74. The number of nitrogens with one attached hydrogen (secondary N) is 1. The Labute approximate surface area is 290 Å². The molecule has 1 N–H and O–H groups in total. The summed E-state index contributed by atoms with van der Waals surface area (Å²) < 4.78 is 69.0. The lowest BCUT2D eigenvalue weighted by molar-refractivity contribution is -0.146. The highest BCUT2D eigenvalue weighted by Gasteiger charge is 2.02. The Bertz CT molecular complexity index is 853. The molecule has 0 saturated carbocycles. The number of ether oxygens (including phenoxy) is 13. The van der Waals surface area contributed by atoms with Gasteiger partial charge in [0, 0.05) is 6.54 Å². The summed E-state index contributed by atoms with van der Waals surface area (Å²) in [6, 6.07) is 9.49. The number of hydrogen-bond acceptors (Lipinski definition) is 15. The molecule has 1 rings (SSSR count). The molecule has 0 aromatic heterocycles. The van der Waals surface area contributed by atoms with Gasteiger partial charge in [0.05, 0.1) is 146 Å². The molecule has 16 nitrogen and oxygen atoms in total. The number of benzene rings is 1. The third-order valence-corrected chi connectivity index (χ3v) is 5.90. The number of rotatable bonds is 37. The monoisotopic (exact) mass is 707 g/mol. The van der Waals surface area contributed by atoms with Crippen LogP contribution in [0.4, 0.5) is 4.79 Å². The number of carbonyl (C=O) groups is 2. The van der Waals surface area contributed by atoms with E-state index >= 15 is 0 Å². The molecule has 1 aromatic carbocycles. The Morgan fingerprint density at radius 1 is 0.469 bits per heavy atom. The maximum Gasteiger partial charge on any atom is 0.407 e. The molecule has 0 spiro atoms. The maximum absolute atomic E-state index is 11.6. The summed E-state index contributed by atoms with van der Waals surface area (Å²) in [6.45, 7) is 10.0. The molecule has 0 aliphatic heterocycles. The van der Waals surface area contributed by atoms with E-state index in [0.717, 1.165) is 5.56 Å². The SMILES string of the molecule is COC(=O)COCCOCCOCCOCCOCCOCCOCCOCCOCCOCCOCCNC(=O)OCc1ccccc1. The first kappa shape index (κ1) is 44.5. The van der Waals surface area contributed by atoms with Gasteiger partial charge in [-0.15, -0.1) is 0 Å². The number of carbonyl (C=O) groups excluding carboxylic acids is 2. The molecule has 49 heavy (non-hydrogen) atoms. The standard InChI is InChI=1S/C33H57NO15/c1-37-32(35)30-48-28-27-47-26-25-46-24-23-45-22-21-44-20-19-43-18-17-42-16-15-41-14-13-40-12-11-39-10-9-38-8-7-34-33(36)49-29-31-5-3-2-4-6-31/h2-6H,7-30H2,1H3,(H,34,36). The van der Waals surface area contributed by atoms with Crippen LogP contribution in [-0.2, 0) is 73.0 Å². The smallest absolute Gasteiger partial charge is 0.407 e. The van der Waals surface area contributed by atoms with Gasteiger partial charge in [0.1, 0.15) is 13.2 Å². The van der Waals surface area contributed by atoms with Crippen molar-refractivity contribution in [3.05, 3.63) is 35.9 Å². The van der Waals surface area contributed by atoms with Gasteiger partial charge in [-0.05, 0) is 5.56 Å². The molecule has 0 radical (unpaired) electrons. The van der Waals surface area contributed by atoms with E-state index in [9.17, 15) is 9.59 Å². The first-order valence-corrected chi connectivity index (χ1v) is 16.6. The van der Waals surface area contributed by atoms with Crippen LogP contribution >= 0.6 is 0 Å². The van der Waals surface area contributed by atoms with Crippen molar-refractivity contribution in [3.63, 3.8) is 0 Å². The fraction of sp³-hybridized carbons (Fsp3) is 0.758. The van der Waals surface area contributed by atoms with Crippen LogP contribution in [-0.4, -0.2) is 171 Å². The van der Waals surface area contributed by atoms with Crippen LogP contribution in [0.25, 0.3) is 0 Å². The molecule has 0 aliphatic carbocycles. The quantitative estimate of drug-likeness (QED) is 0.0776. The van der Waals surface area contributed by atoms with Crippen LogP contribution < -0.4 is 5.32 Å². The summed E-state index contributed by atoms with van der Waals surface area (Å²) in [6.07, 6.45) is -0.473. The van der Waals surface area contributed by atoms with Crippen LogP contribution in [0.2, 0.25) is 0 Å². The van der Waals surface area contributed by atoms with Gasteiger partial charge in [-0.2, -0.15) is 0 Å². The van der Waals surface area contributed by atoms with Crippen LogP contribution in [0.1, 0.15) is 5.56 Å². The number of alkyl carbamates (subject to hydrolysis) is 1. The molecule has 16 heteroatoms. The number of esters is 1. The van der Waals surface area contributed by atoms with E-state index in [2.05, 4.69) is 10.1 Å². The van der Waals surface area contributed by atoms with Gasteiger partial charge < -0.3 is 66.9 Å². The summed E-state index contributed by atoms with van der Waals surface area (Å²) >= 11 is 0. The van der Waals surface area contributed by atoms with E-state index in [-0.39, 0.29) is 13.2 Å². The van der Waals surface area contributed by atoms with Crippen molar-refractivity contribution in [1.82, 2.24) is 5.32 Å². The Hall–Kier alpha value is -2.48. The van der Waals surface area contributed by atoms with Crippen molar-refractivity contribution >= 4 is 12.1 Å². The molecule has 0 atom stereocenters. The second-order valence-corrected chi connectivity index (χ2v) is 9.74. The van der Waals surface area contributed by atoms with Gasteiger partial charge in [-0.25, -0.2) is 9.59 Å². The Kier molecular flexibility index (Phi) is 33.4. The molecule has 1 amide bonds. The minimum absolute atomic E-state index is 0.0753. The summed E-state index contributed by atoms with van der Waals surface area (Å²) in [4.78, 5) is 22.5. The van der Waals surface area contributed by atoms with Crippen molar-refractivity contribution in [3.8, 4) is 0 Å². The number of amides is 1. The predicted molar refractivity (Wildman–Crippen MR) is 176 cm³/mol. The van der Waals surface area contributed by atoms with Crippen molar-refractivity contribution in [2.75, 3.05) is 159 Å². The summed E-state index contributed by atoms with van der Waals surface area (Å²) in [5.74, 6) is -0.412. The molecule has 0 fully saturated rings. The highest BCUT2D eigenvalue weighted by atomic mass is 16.6. The average Bonchev–Trinajstić information content (AvgIpc) is 3.12. The van der Waals surface area contributed by atoms with E-state index in [1.54, 1.807) is 0 Å². The molecule has 0 heterocycles. The van der Waals surface area contributed by atoms with E-state index in [4.69, 9.17) is 56.8 Å². The van der Waals surface area contributed by atoms with Crippen molar-refractivity contribution in [2.45, 2.75) is 6.61 Å². The number of hydrogen-bond donors (Lipinski definition) is 1. The van der Waals surface area contributed by atoms with Crippen LogP contribution in [0, 0.1) is 0 Å². The normalized spacial score (nSPS) is 11.1. The molecular weight excluding hydrogens is 650 g/mol. The minimum atomic E-state index is -0.473.